The van der Waals surface area contributed by atoms with Gasteiger partial charge in [-0.3, -0.25) is 4.84 Å². The normalized spacial score (nSPS) is 38.3. The minimum Gasteiger partial charge on any atom is -0.388 e. The lowest BCUT2D eigenvalue weighted by Crippen LogP contribution is -2.59. The Morgan fingerprint density at radius 3 is 2.61 bits per heavy atom. The van der Waals surface area contributed by atoms with Crippen molar-refractivity contribution in [3.63, 3.8) is 0 Å². The van der Waals surface area contributed by atoms with Gasteiger partial charge in [0.05, 0.1) is 24.9 Å². The third-order valence-electron chi connectivity index (χ3n) is 4.68. The maximum atomic E-state index is 10.2. The first-order valence-electron chi connectivity index (χ1n) is 8.20. The molecule has 2 unspecified atom stereocenters. The Balaban J connectivity index is 1.62. The number of hydroxylamine groups is 1. The topological polar surface area (TPSA) is 80.2 Å². The molecule has 6 nitrogen and oxygen atoms in total. The first kappa shape index (κ1) is 16.8. The lowest BCUT2D eigenvalue weighted by atomic mass is 9.90. The summed E-state index contributed by atoms with van der Waals surface area (Å²) in [6.45, 7) is 4.38. The molecule has 1 aromatic carbocycles. The van der Waals surface area contributed by atoms with Crippen LogP contribution in [0.5, 0.6) is 0 Å². The minimum absolute atomic E-state index is 0.162. The van der Waals surface area contributed by atoms with Crippen LogP contribution >= 0.6 is 0 Å². The molecule has 0 saturated carbocycles. The smallest absolute Gasteiger partial charge is 0.135 e. The molecule has 0 aliphatic carbocycles. The molecule has 2 saturated heterocycles. The number of fused-ring (bicyclic) bond motifs is 1. The molecule has 2 heterocycles. The van der Waals surface area contributed by atoms with Crippen LogP contribution in [0, 0.1) is 0 Å². The number of hydrogen-bond acceptors (Lipinski definition) is 6. The van der Waals surface area contributed by atoms with Gasteiger partial charge in [0.25, 0.3) is 0 Å². The van der Waals surface area contributed by atoms with Crippen LogP contribution in [0.15, 0.2) is 30.3 Å². The van der Waals surface area contributed by atoms with E-state index in [0.717, 1.165) is 5.56 Å². The average molecular weight is 323 g/mol. The highest BCUT2D eigenvalue weighted by Crippen LogP contribution is 2.31. The van der Waals surface area contributed by atoms with Gasteiger partial charge in [-0.1, -0.05) is 37.3 Å². The highest BCUT2D eigenvalue weighted by Gasteiger charge is 2.52. The summed E-state index contributed by atoms with van der Waals surface area (Å²) in [5.41, 5.74) is 4.01. The van der Waals surface area contributed by atoms with Crippen LogP contribution in [0.3, 0.4) is 0 Å². The van der Waals surface area contributed by atoms with Crippen LogP contribution in [-0.4, -0.2) is 52.9 Å². The first-order chi connectivity index (χ1) is 11.1. The molecule has 2 fully saturated rings. The molecule has 1 aromatic rings. The van der Waals surface area contributed by atoms with E-state index in [-0.39, 0.29) is 18.2 Å². The highest BCUT2D eigenvalue weighted by molar-refractivity contribution is 5.13. The van der Waals surface area contributed by atoms with E-state index in [2.05, 4.69) is 5.48 Å². The quantitative estimate of drug-likeness (QED) is 0.742. The van der Waals surface area contributed by atoms with E-state index < -0.39 is 24.4 Å². The molecule has 2 aliphatic heterocycles. The number of nitrogens with one attached hydrogen (secondary N) is 1. The standard InChI is InChI=1S/C17H25NO5/c1-3-12-14(19)15(20)17-16(22-12)13(18-23-17)10(2)21-9-11-7-5-4-6-8-11/h4-8,10,12-20H,3,9H2,1-2H3/t10-,12?,13-,14+,15+,16-,17?/m1/s1. The van der Waals surface area contributed by atoms with E-state index in [1.54, 1.807) is 0 Å². The van der Waals surface area contributed by atoms with E-state index in [0.29, 0.717) is 13.0 Å². The van der Waals surface area contributed by atoms with Crippen molar-refractivity contribution < 1.29 is 24.5 Å². The molecule has 0 amide bonds. The predicted molar refractivity (Wildman–Crippen MR) is 83.5 cm³/mol. The molecular weight excluding hydrogens is 298 g/mol. The fourth-order valence-corrected chi connectivity index (χ4v) is 3.22. The van der Waals surface area contributed by atoms with Gasteiger partial charge in [-0.05, 0) is 18.9 Å². The summed E-state index contributed by atoms with van der Waals surface area (Å²) in [6.07, 6.45) is -2.73. The van der Waals surface area contributed by atoms with Crippen LogP contribution in [0.25, 0.3) is 0 Å². The van der Waals surface area contributed by atoms with Crippen LogP contribution in [-0.2, 0) is 20.9 Å². The van der Waals surface area contributed by atoms with Crippen LogP contribution in [0.1, 0.15) is 25.8 Å². The van der Waals surface area contributed by atoms with E-state index in [1.165, 1.54) is 0 Å². The van der Waals surface area contributed by atoms with Crippen molar-refractivity contribution in [2.75, 3.05) is 0 Å². The fraction of sp³-hybridized carbons (Fsp3) is 0.647. The number of benzene rings is 1. The zero-order valence-electron chi connectivity index (χ0n) is 13.5. The summed E-state index contributed by atoms with van der Waals surface area (Å²) >= 11 is 0. The molecule has 0 radical (unpaired) electrons. The first-order valence-corrected chi connectivity index (χ1v) is 8.20. The van der Waals surface area contributed by atoms with Gasteiger partial charge in [-0.25, -0.2) is 0 Å². The zero-order chi connectivity index (χ0) is 16.4. The molecule has 0 aromatic heterocycles. The summed E-state index contributed by atoms with van der Waals surface area (Å²) in [6, 6.07) is 9.75. The number of aliphatic hydroxyl groups excluding tert-OH is 2. The van der Waals surface area contributed by atoms with Crippen molar-refractivity contribution in [1.82, 2.24) is 5.48 Å². The molecule has 0 spiro atoms. The summed E-state index contributed by atoms with van der Waals surface area (Å²) in [7, 11) is 0. The van der Waals surface area contributed by atoms with Crippen molar-refractivity contribution in [2.24, 2.45) is 0 Å². The van der Waals surface area contributed by atoms with Crippen LogP contribution in [0.4, 0.5) is 0 Å². The number of hydrogen-bond donors (Lipinski definition) is 3. The number of rotatable bonds is 5. The summed E-state index contributed by atoms with van der Waals surface area (Å²) in [5, 5.41) is 20.3. The van der Waals surface area contributed by atoms with Crippen molar-refractivity contribution in [3.8, 4) is 0 Å². The molecule has 7 atom stereocenters. The van der Waals surface area contributed by atoms with Gasteiger partial charge in [0.1, 0.15) is 24.4 Å². The Bertz CT molecular complexity index is 499. The zero-order valence-corrected chi connectivity index (χ0v) is 13.5. The molecule has 128 valence electrons. The van der Waals surface area contributed by atoms with Crippen LogP contribution < -0.4 is 5.48 Å². The van der Waals surface area contributed by atoms with Gasteiger partial charge in [0, 0.05) is 0 Å². The van der Waals surface area contributed by atoms with Gasteiger partial charge < -0.3 is 19.7 Å². The Kier molecular flexibility index (Phi) is 5.31. The fourth-order valence-electron chi connectivity index (χ4n) is 3.22. The molecule has 23 heavy (non-hydrogen) atoms. The molecule has 6 heteroatoms. The van der Waals surface area contributed by atoms with Crippen molar-refractivity contribution in [2.45, 2.75) is 69.5 Å². The van der Waals surface area contributed by atoms with E-state index in [4.69, 9.17) is 14.3 Å². The van der Waals surface area contributed by atoms with Crippen molar-refractivity contribution in [1.29, 1.82) is 0 Å². The van der Waals surface area contributed by atoms with Gasteiger partial charge in [0.2, 0.25) is 0 Å². The number of ether oxygens (including phenoxy) is 2. The second-order valence-electron chi connectivity index (χ2n) is 6.26. The third-order valence-corrected chi connectivity index (χ3v) is 4.68. The Morgan fingerprint density at radius 1 is 1.17 bits per heavy atom. The molecule has 2 aliphatic rings. The van der Waals surface area contributed by atoms with Gasteiger partial charge in [0.15, 0.2) is 0 Å². The predicted octanol–water partition coefficient (Wildman–Crippen LogP) is 0.763. The van der Waals surface area contributed by atoms with E-state index >= 15 is 0 Å². The van der Waals surface area contributed by atoms with Crippen molar-refractivity contribution >= 4 is 0 Å². The van der Waals surface area contributed by atoms with E-state index in [9.17, 15) is 10.2 Å². The Labute approximate surface area is 136 Å². The summed E-state index contributed by atoms with van der Waals surface area (Å²) in [4.78, 5) is 5.45. The van der Waals surface area contributed by atoms with E-state index in [1.807, 2.05) is 44.2 Å². The molecular formula is C17H25NO5. The Hall–Kier alpha value is -1.02. The van der Waals surface area contributed by atoms with Gasteiger partial charge in [-0.15, -0.1) is 0 Å². The maximum Gasteiger partial charge on any atom is 0.135 e. The molecule has 3 rings (SSSR count). The van der Waals surface area contributed by atoms with Gasteiger partial charge in [-0.2, -0.15) is 5.48 Å². The van der Waals surface area contributed by atoms with Crippen LogP contribution in [0.2, 0.25) is 0 Å². The average Bonchev–Trinajstić information content (AvgIpc) is 3.01. The molecule has 3 N–H and O–H groups in total. The second kappa shape index (κ2) is 7.25. The second-order valence-corrected chi connectivity index (χ2v) is 6.26. The Morgan fingerprint density at radius 2 is 1.91 bits per heavy atom. The monoisotopic (exact) mass is 323 g/mol. The van der Waals surface area contributed by atoms with Crippen molar-refractivity contribution in [3.05, 3.63) is 35.9 Å². The number of aliphatic hydroxyl groups is 2. The minimum atomic E-state index is -0.961. The lowest BCUT2D eigenvalue weighted by molar-refractivity contribution is -0.214. The highest BCUT2D eigenvalue weighted by atomic mass is 16.7. The summed E-state index contributed by atoms with van der Waals surface area (Å²) in [5.74, 6) is 0. The summed E-state index contributed by atoms with van der Waals surface area (Å²) < 4.78 is 11.9. The molecule has 0 bridgehead atoms. The largest absolute Gasteiger partial charge is 0.388 e. The third kappa shape index (κ3) is 3.42. The SMILES string of the molecule is CCC1O[C@H]2C(ON[C@@H]2[C@@H](C)OCc2ccccc2)[C@@H](O)[C@H]1O. The lowest BCUT2D eigenvalue weighted by Gasteiger charge is -2.40. The van der Waals surface area contributed by atoms with Gasteiger partial charge >= 0.3 is 0 Å². The maximum absolute atomic E-state index is 10.2.